The number of nitrogens with zero attached hydrogens (tertiary/aromatic N) is 2. The van der Waals surface area contributed by atoms with Crippen LogP contribution in [0.25, 0.3) is 0 Å². The van der Waals surface area contributed by atoms with Gasteiger partial charge in [0, 0.05) is 44.9 Å². The smallest absolute Gasteiger partial charge is 0.321 e. The van der Waals surface area contributed by atoms with Gasteiger partial charge in [0.1, 0.15) is 6.10 Å². The maximum atomic E-state index is 13.9. The van der Waals surface area contributed by atoms with E-state index in [1.807, 2.05) is 30.3 Å². The summed E-state index contributed by atoms with van der Waals surface area (Å²) in [5.41, 5.74) is 1.94. The average molecular weight is 542 g/mol. The van der Waals surface area contributed by atoms with Gasteiger partial charge in [0.25, 0.3) is 0 Å². The Balaban J connectivity index is 1.30. The van der Waals surface area contributed by atoms with Crippen molar-refractivity contribution in [2.24, 2.45) is 0 Å². The van der Waals surface area contributed by atoms with E-state index in [1.165, 1.54) is 27.4 Å². The van der Waals surface area contributed by atoms with Crippen molar-refractivity contribution in [2.75, 3.05) is 66.0 Å². The average Bonchev–Trinajstić information content (AvgIpc) is 2.97. The number of ether oxygens (including phenoxy) is 4. The number of anilines is 1. The zero-order chi connectivity index (χ0) is 27.8. The molecule has 1 aliphatic rings. The summed E-state index contributed by atoms with van der Waals surface area (Å²) in [6.07, 6.45) is -0.521. The predicted molar refractivity (Wildman–Crippen MR) is 144 cm³/mol. The quantitative estimate of drug-likeness (QED) is 0.392. The first-order valence-corrected chi connectivity index (χ1v) is 12.6. The Kier molecular flexibility index (Phi) is 9.56. The van der Waals surface area contributed by atoms with Crippen LogP contribution in [0.15, 0.2) is 60.7 Å². The highest BCUT2D eigenvalue weighted by molar-refractivity contribution is 5.90. The number of methoxy groups -OCH3 is 3. The lowest BCUT2D eigenvalue weighted by molar-refractivity contribution is 0.0496. The predicted octanol–water partition coefficient (Wildman–Crippen LogP) is 4.95. The minimum Gasteiger partial charge on any atom is -0.493 e. The molecule has 0 spiro atoms. The van der Waals surface area contributed by atoms with Crippen LogP contribution in [0, 0.1) is 11.6 Å². The van der Waals surface area contributed by atoms with Gasteiger partial charge >= 0.3 is 6.03 Å². The van der Waals surface area contributed by atoms with Gasteiger partial charge in [-0.1, -0.05) is 36.4 Å². The Morgan fingerprint density at radius 1 is 0.846 bits per heavy atom. The molecule has 1 heterocycles. The molecular formula is C29H33F2N3O5. The molecule has 1 N–H and O–H groups in total. The normalized spacial score (nSPS) is 14.5. The lowest BCUT2D eigenvalue weighted by Crippen LogP contribution is -2.50. The third kappa shape index (κ3) is 6.96. The van der Waals surface area contributed by atoms with E-state index in [4.69, 9.17) is 18.9 Å². The SMILES string of the molecule is COc1cc(NC(=O)N2CCN(CCO[C@H](c3ccccc3)c3ccc(F)c(F)c3)CC2)cc(OC)c1OC. The summed E-state index contributed by atoms with van der Waals surface area (Å²) in [5, 5.41) is 2.90. The molecule has 2 amide bonds. The van der Waals surface area contributed by atoms with Gasteiger partial charge in [-0.05, 0) is 23.3 Å². The number of hydrogen-bond acceptors (Lipinski definition) is 6. The van der Waals surface area contributed by atoms with E-state index in [0.717, 1.165) is 11.6 Å². The second kappa shape index (κ2) is 13.3. The van der Waals surface area contributed by atoms with E-state index >= 15 is 0 Å². The van der Waals surface area contributed by atoms with Crippen LogP contribution < -0.4 is 19.5 Å². The van der Waals surface area contributed by atoms with E-state index in [0.29, 0.717) is 67.8 Å². The molecule has 0 unspecified atom stereocenters. The van der Waals surface area contributed by atoms with E-state index in [2.05, 4.69) is 10.2 Å². The number of nitrogens with one attached hydrogen (secondary N) is 1. The second-order valence-electron chi connectivity index (χ2n) is 9.01. The Morgan fingerprint density at radius 2 is 1.51 bits per heavy atom. The molecule has 10 heteroatoms. The molecule has 0 saturated carbocycles. The van der Waals surface area contributed by atoms with Gasteiger partial charge in [0.05, 0.1) is 33.6 Å². The summed E-state index contributed by atoms with van der Waals surface area (Å²) >= 11 is 0. The molecule has 8 nitrogen and oxygen atoms in total. The topological polar surface area (TPSA) is 72.5 Å². The zero-order valence-corrected chi connectivity index (χ0v) is 22.3. The Morgan fingerprint density at radius 3 is 2.10 bits per heavy atom. The van der Waals surface area contributed by atoms with E-state index in [9.17, 15) is 13.6 Å². The fraction of sp³-hybridized carbons (Fsp3) is 0.345. The highest BCUT2D eigenvalue weighted by Crippen LogP contribution is 2.40. The number of carbonyl (C=O) groups excluding carboxylic acids is 1. The lowest BCUT2D eigenvalue weighted by Gasteiger charge is -2.35. The van der Waals surface area contributed by atoms with Crippen LogP contribution in [0.4, 0.5) is 19.3 Å². The number of piperazine rings is 1. The molecule has 1 fully saturated rings. The summed E-state index contributed by atoms with van der Waals surface area (Å²) in [7, 11) is 4.56. The Hall–Kier alpha value is -3.89. The first kappa shape index (κ1) is 28.1. The number of carbonyl (C=O) groups is 1. The van der Waals surface area contributed by atoms with Crippen LogP contribution in [-0.4, -0.2) is 76.5 Å². The van der Waals surface area contributed by atoms with Gasteiger partial charge in [0.2, 0.25) is 5.75 Å². The highest BCUT2D eigenvalue weighted by Gasteiger charge is 2.23. The molecule has 39 heavy (non-hydrogen) atoms. The van der Waals surface area contributed by atoms with Crippen LogP contribution in [0.1, 0.15) is 17.2 Å². The van der Waals surface area contributed by atoms with Crippen molar-refractivity contribution >= 4 is 11.7 Å². The van der Waals surface area contributed by atoms with Crippen molar-refractivity contribution in [2.45, 2.75) is 6.10 Å². The number of hydrogen-bond donors (Lipinski definition) is 1. The van der Waals surface area contributed by atoms with Crippen LogP contribution in [-0.2, 0) is 4.74 Å². The molecule has 3 aromatic carbocycles. The molecule has 1 saturated heterocycles. The monoisotopic (exact) mass is 541 g/mol. The molecule has 4 rings (SSSR count). The molecule has 0 bridgehead atoms. The number of benzene rings is 3. The number of rotatable bonds is 10. The van der Waals surface area contributed by atoms with Gasteiger partial charge in [-0.3, -0.25) is 4.90 Å². The third-order valence-corrected chi connectivity index (χ3v) is 6.62. The van der Waals surface area contributed by atoms with E-state index in [-0.39, 0.29) is 6.03 Å². The van der Waals surface area contributed by atoms with Crippen molar-refractivity contribution in [3.8, 4) is 17.2 Å². The van der Waals surface area contributed by atoms with Gasteiger partial charge in [-0.2, -0.15) is 0 Å². The van der Waals surface area contributed by atoms with Crippen molar-refractivity contribution in [1.82, 2.24) is 9.80 Å². The minimum atomic E-state index is -0.905. The first-order chi connectivity index (χ1) is 18.9. The van der Waals surface area contributed by atoms with Crippen molar-refractivity contribution in [3.05, 3.63) is 83.4 Å². The molecule has 1 aliphatic heterocycles. The molecule has 0 aliphatic carbocycles. The van der Waals surface area contributed by atoms with Gasteiger partial charge in [0.15, 0.2) is 23.1 Å². The Labute approximate surface area is 227 Å². The van der Waals surface area contributed by atoms with Gasteiger partial charge in [-0.15, -0.1) is 0 Å². The largest absolute Gasteiger partial charge is 0.493 e. The first-order valence-electron chi connectivity index (χ1n) is 12.6. The third-order valence-electron chi connectivity index (χ3n) is 6.62. The van der Waals surface area contributed by atoms with Crippen LogP contribution >= 0.6 is 0 Å². The summed E-state index contributed by atoms with van der Waals surface area (Å²) in [4.78, 5) is 16.8. The number of amides is 2. The molecule has 0 radical (unpaired) electrons. The summed E-state index contributed by atoms with van der Waals surface area (Å²) in [6, 6.07) is 16.4. The standard InChI is InChI=1S/C29H33F2N3O5/c1-36-25-18-22(19-26(37-2)28(25)38-3)32-29(35)34-13-11-33(12-14-34)15-16-39-27(20-7-5-4-6-8-20)21-9-10-23(30)24(31)17-21/h4-10,17-19,27H,11-16H2,1-3H3,(H,32,35)/t27-/m1/s1. The van der Waals surface area contributed by atoms with Gasteiger partial charge < -0.3 is 29.2 Å². The van der Waals surface area contributed by atoms with Crippen LogP contribution in [0.2, 0.25) is 0 Å². The van der Waals surface area contributed by atoms with Crippen LogP contribution in [0.5, 0.6) is 17.2 Å². The summed E-state index contributed by atoms with van der Waals surface area (Å²) in [5.74, 6) is -0.438. The lowest BCUT2D eigenvalue weighted by atomic mass is 10.0. The number of urea groups is 1. The molecule has 1 atom stereocenters. The molecule has 208 valence electrons. The summed E-state index contributed by atoms with van der Waals surface area (Å²) in [6.45, 7) is 3.45. The van der Waals surface area contributed by atoms with Crippen molar-refractivity contribution in [1.29, 1.82) is 0 Å². The van der Waals surface area contributed by atoms with Crippen molar-refractivity contribution < 1.29 is 32.5 Å². The number of halogens is 2. The van der Waals surface area contributed by atoms with Crippen molar-refractivity contribution in [3.63, 3.8) is 0 Å². The highest BCUT2D eigenvalue weighted by atomic mass is 19.2. The maximum absolute atomic E-state index is 13.9. The second-order valence-corrected chi connectivity index (χ2v) is 9.01. The zero-order valence-electron chi connectivity index (χ0n) is 22.3. The van der Waals surface area contributed by atoms with Crippen LogP contribution in [0.3, 0.4) is 0 Å². The minimum absolute atomic E-state index is 0.220. The Bertz CT molecular complexity index is 1230. The maximum Gasteiger partial charge on any atom is 0.321 e. The van der Waals surface area contributed by atoms with Gasteiger partial charge in [-0.25, -0.2) is 13.6 Å². The molecular weight excluding hydrogens is 508 g/mol. The molecule has 0 aromatic heterocycles. The fourth-order valence-electron chi connectivity index (χ4n) is 4.52. The molecule has 3 aromatic rings. The fourth-order valence-corrected chi connectivity index (χ4v) is 4.52. The van der Waals surface area contributed by atoms with E-state index in [1.54, 1.807) is 23.1 Å². The summed E-state index contributed by atoms with van der Waals surface area (Å²) < 4.78 is 49.6. The van der Waals surface area contributed by atoms with E-state index < -0.39 is 17.7 Å².